The van der Waals surface area contributed by atoms with E-state index >= 15 is 0 Å². The van der Waals surface area contributed by atoms with Gasteiger partial charge in [-0.15, -0.1) is 0 Å². The fourth-order valence-corrected chi connectivity index (χ4v) is 4.67. The lowest BCUT2D eigenvalue weighted by atomic mass is 9.95. The van der Waals surface area contributed by atoms with E-state index in [0.717, 1.165) is 74.9 Å². The minimum absolute atomic E-state index is 0.308. The SMILES string of the molecule is C[C@@H](c1ccc2c(c1)OCO2)N1CCN(c2ncc(C3(O)CCCC3)cn2)CC1. The predicted molar refractivity (Wildman–Crippen MR) is 109 cm³/mol. The van der Waals surface area contributed by atoms with Crippen LogP contribution in [0.3, 0.4) is 0 Å². The zero-order valence-corrected chi connectivity index (χ0v) is 16.9. The molecule has 1 aliphatic carbocycles. The zero-order chi connectivity index (χ0) is 19.8. The summed E-state index contributed by atoms with van der Waals surface area (Å²) in [5.41, 5.74) is 1.37. The third-order valence-electron chi connectivity index (χ3n) is 6.63. The van der Waals surface area contributed by atoms with Crippen LogP contribution in [0.15, 0.2) is 30.6 Å². The number of rotatable bonds is 4. The summed E-state index contributed by atoms with van der Waals surface area (Å²) < 4.78 is 10.9. The highest BCUT2D eigenvalue weighted by molar-refractivity contribution is 5.45. The summed E-state index contributed by atoms with van der Waals surface area (Å²) >= 11 is 0. The van der Waals surface area contributed by atoms with Crippen molar-refractivity contribution in [2.75, 3.05) is 37.9 Å². The number of hydrogen-bond acceptors (Lipinski definition) is 7. The number of piperazine rings is 1. The van der Waals surface area contributed by atoms with Crippen molar-refractivity contribution in [1.29, 1.82) is 0 Å². The van der Waals surface area contributed by atoms with Crippen LogP contribution in [0.2, 0.25) is 0 Å². The third kappa shape index (κ3) is 3.53. The molecule has 7 heteroatoms. The minimum Gasteiger partial charge on any atom is -0.454 e. The Morgan fingerprint density at radius 2 is 1.69 bits per heavy atom. The highest BCUT2D eigenvalue weighted by Crippen LogP contribution is 2.38. The first-order chi connectivity index (χ1) is 14.1. The molecule has 1 atom stereocenters. The highest BCUT2D eigenvalue weighted by Gasteiger charge is 2.34. The zero-order valence-electron chi connectivity index (χ0n) is 16.9. The normalized spacial score (nSPS) is 22.1. The number of ether oxygens (including phenoxy) is 2. The minimum atomic E-state index is -0.725. The molecule has 3 aliphatic rings. The fourth-order valence-electron chi connectivity index (χ4n) is 4.67. The third-order valence-corrected chi connectivity index (χ3v) is 6.63. The van der Waals surface area contributed by atoms with Crippen molar-refractivity contribution in [2.24, 2.45) is 0 Å². The van der Waals surface area contributed by atoms with Crippen LogP contribution in [0.5, 0.6) is 11.5 Å². The largest absolute Gasteiger partial charge is 0.454 e. The second-order valence-electron chi connectivity index (χ2n) is 8.32. The van der Waals surface area contributed by atoms with Crippen molar-refractivity contribution >= 4 is 5.95 Å². The molecule has 2 aromatic rings. The van der Waals surface area contributed by atoms with Crippen molar-refractivity contribution in [3.05, 3.63) is 41.7 Å². The van der Waals surface area contributed by atoms with Crippen molar-refractivity contribution in [1.82, 2.24) is 14.9 Å². The highest BCUT2D eigenvalue weighted by atomic mass is 16.7. The Hall–Kier alpha value is -2.38. The van der Waals surface area contributed by atoms with E-state index < -0.39 is 5.60 Å². The lowest BCUT2D eigenvalue weighted by molar-refractivity contribution is 0.0437. The summed E-state index contributed by atoms with van der Waals surface area (Å²) in [5, 5.41) is 10.7. The van der Waals surface area contributed by atoms with E-state index in [1.165, 1.54) is 5.56 Å². The lowest BCUT2D eigenvalue weighted by Gasteiger charge is -2.38. The second-order valence-corrected chi connectivity index (χ2v) is 8.32. The molecular formula is C22H28N4O3. The molecule has 1 N–H and O–H groups in total. The Bertz CT molecular complexity index is 859. The first kappa shape index (κ1) is 18.6. The van der Waals surface area contributed by atoms with Gasteiger partial charge in [-0.2, -0.15) is 0 Å². The van der Waals surface area contributed by atoms with E-state index in [2.05, 4.69) is 38.8 Å². The number of aliphatic hydroxyl groups is 1. The van der Waals surface area contributed by atoms with Crippen LogP contribution < -0.4 is 14.4 Å². The Kier molecular flexibility index (Phi) is 4.80. The van der Waals surface area contributed by atoms with E-state index in [0.29, 0.717) is 12.8 Å². The molecule has 2 fully saturated rings. The molecule has 5 rings (SSSR count). The predicted octanol–water partition coefficient (Wildman–Crippen LogP) is 2.85. The van der Waals surface area contributed by atoms with Crippen LogP contribution >= 0.6 is 0 Å². The number of fused-ring (bicyclic) bond motifs is 1. The summed E-state index contributed by atoms with van der Waals surface area (Å²) in [6.07, 6.45) is 7.40. The summed E-state index contributed by atoms with van der Waals surface area (Å²) in [4.78, 5) is 13.8. The summed E-state index contributed by atoms with van der Waals surface area (Å²) in [6, 6.07) is 6.53. The maximum atomic E-state index is 10.7. The average Bonchev–Trinajstić information content (AvgIpc) is 3.42. The molecule has 0 amide bonds. The molecule has 0 radical (unpaired) electrons. The molecule has 1 saturated carbocycles. The van der Waals surface area contributed by atoms with Gasteiger partial charge in [0, 0.05) is 50.2 Å². The standard InChI is InChI=1S/C22H28N4O3/c1-16(17-4-5-19-20(12-17)29-15-28-19)25-8-10-26(11-9-25)21-23-13-18(14-24-21)22(27)6-2-3-7-22/h4-5,12-14,16,27H,2-3,6-11,15H2,1H3/t16-/m0/s1. The lowest BCUT2D eigenvalue weighted by Crippen LogP contribution is -2.47. The number of aromatic nitrogens is 2. The molecule has 29 heavy (non-hydrogen) atoms. The fraction of sp³-hybridized carbons (Fsp3) is 0.545. The molecule has 154 valence electrons. The van der Waals surface area contributed by atoms with Crippen LogP contribution in [0, 0.1) is 0 Å². The maximum Gasteiger partial charge on any atom is 0.231 e. The maximum absolute atomic E-state index is 10.7. The van der Waals surface area contributed by atoms with Crippen LogP contribution in [0.25, 0.3) is 0 Å². The van der Waals surface area contributed by atoms with E-state index in [1.807, 2.05) is 18.5 Å². The van der Waals surface area contributed by atoms with Crippen molar-refractivity contribution in [3.8, 4) is 11.5 Å². The molecule has 1 saturated heterocycles. The summed E-state index contributed by atoms with van der Waals surface area (Å²) in [7, 11) is 0. The molecule has 3 heterocycles. The van der Waals surface area contributed by atoms with Gasteiger partial charge in [0.2, 0.25) is 12.7 Å². The van der Waals surface area contributed by atoms with Gasteiger partial charge >= 0.3 is 0 Å². The van der Waals surface area contributed by atoms with E-state index in [4.69, 9.17) is 9.47 Å². The van der Waals surface area contributed by atoms with Gasteiger partial charge < -0.3 is 19.5 Å². The quantitative estimate of drug-likeness (QED) is 0.852. The van der Waals surface area contributed by atoms with Gasteiger partial charge in [-0.1, -0.05) is 18.9 Å². The van der Waals surface area contributed by atoms with Gasteiger partial charge in [0.1, 0.15) is 0 Å². The number of hydrogen-bond donors (Lipinski definition) is 1. The number of benzene rings is 1. The van der Waals surface area contributed by atoms with Gasteiger partial charge in [-0.25, -0.2) is 9.97 Å². The van der Waals surface area contributed by atoms with Crippen LogP contribution in [0.1, 0.15) is 49.8 Å². The summed E-state index contributed by atoms with van der Waals surface area (Å²) in [6.45, 7) is 6.22. The van der Waals surface area contributed by atoms with Crippen molar-refractivity contribution in [2.45, 2.75) is 44.2 Å². The van der Waals surface area contributed by atoms with Crippen LogP contribution in [-0.4, -0.2) is 52.9 Å². The number of nitrogens with zero attached hydrogens (tertiary/aromatic N) is 4. The smallest absolute Gasteiger partial charge is 0.231 e. The van der Waals surface area contributed by atoms with E-state index in [-0.39, 0.29) is 0 Å². The second kappa shape index (κ2) is 7.46. The molecule has 2 aliphatic heterocycles. The van der Waals surface area contributed by atoms with Crippen molar-refractivity contribution in [3.63, 3.8) is 0 Å². The Morgan fingerprint density at radius 3 is 2.41 bits per heavy atom. The molecule has 0 bridgehead atoms. The molecule has 0 unspecified atom stereocenters. The molecule has 1 aromatic carbocycles. The monoisotopic (exact) mass is 396 g/mol. The van der Waals surface area contributed by atoms with Crippen molar-refractivity contribution < 1.29 is 14.6 Å². The Balaban J connectivity index is 1.21. The van der Waals surface area contributed by atoms with E-state index in [9.17, 15) is 5.11 Å². The Morgan fingerprint density at radius 1 is 1.00 bits per heavy atom. The first-order valence-corrected chi connectivity index (χ1v) is 10.6. The average molecular weight is 396 g/mol. The van der Waals surface area contributed by atoms with Gasteiger partial charge in [0.05, 0.1) is 5.60 Å². The molecular weight excluding hydrogens is 368 g/mol. The Labute approximate surface area is 171 Å². The van der Waals surface area contributed by atoms with Crippen LogP contribution in [0.4, 0.5) is 5.95 Å². The van der Waals surface area contributed by atoms with Gasteiger partial charge in [-0.3, -0.25) is 4.90 Å². The van der Waals surface area contributed by atoms with Gasteiger partial charge in [0.25, 0.3) is 0 Å². The molecule has 7 nitrogen and oxygen atoms in total. The van der Waals surface area contributed by atoms with E-state index in [1.54, 1.807) is 0 Å². The van der Waals surface area contributed by atoms with Gasteiger partial charge in [0.15, 0.2) is 11.5 Å². The summed E-state index contributed by atoms with van der Waals surface area (Å²) in [5.74, 6) is 2.42. The molecule has 1 aromatic heterocycles. The molecule has 0 spiro atoms. The topological polar surface area (TPSA) is 71.0 Å². The first-order valence-electron chi connectivity index (χ1n) is 10.6. The van der Waals surface area contributed by atoms with Gasteiger partial charge in [-0.05, 0) is 37.5 Å². The number of anilines is 1. The van der Waals surface area contributed by atoms with Crippen LogP contribution in [-0.2, 0) is 5.60 Å².